The lowest BCUT2D eigenvalue weighted by Gasteiger charge is -2.31. The second kappa shape index (κ2) is 2.45. The molecule has 5 heteroatoms. The fourth-order valence-corrected chi connectivity index (χ4v) is 1.30. The highest BCUT2D eigenvalue weighted by atomic mass is 16.6. The van der Waals surface area contributed by atoms with E-state index in [1.165, 1.54) is 20.8 Å². The Kier molecular flexibility index (Phi) is 1.88. The topological polar surface area (TPSA) is 83.8 Å². The van der Waals surface area contributed by atoms with Crippen molar-refractivity contribution >= 4 is 11.9 Å². The van der Waals surface area contributed by atoms with Gasteiger partial charge in [-0.2, -0.15) is 0 Å². The van der Waals surface area contributed by atoms with E-state index in [2.05, 4.69) is 4.74 Å². The largest absolute Gasteiger partial charge is 0.478 e. The molecule has 0 spiro atoms. The molecule has 0 saturated carbocycles. The van der Waals surface area contributed by atoms with Crippen LogP contribution in [0, 0.1) is 5.92 Å². The van der Waals surface area contributed by atoms with Crippen LogP contribution in [-0.2, 0) is 14.3 Å². The Labute approximate surface area is 75.3 Å². The number of carboxylic acid groups (broad SMARTS) is 1. The van der Waals surface area contributed by atoms with Crippen molar-refractivity contribution in [2.24, 2.45) is 5.92 Å². The van der Waals surface area contributed by atoms with Gasteiger partial charge in [0.2, 0.25) is 5.60 Å². The summed E-state index contributed by atoms with van der Waals surface area (Å²) >= 11 is 0. The Morgan fingerprint density at radius 1 is 1.54 bits per heavy atom. The quantitative estimate of drug-likeness (QED) is 0.555. The zero-order chi connectivity index (χ0) is 10.4. The summed E-state index contributed by atoms with van der Waals surface area (Å²) in [6.45, 7) is 3.92. The van der Waals surface area contributed by atoms with Gasteiger partial charge in [-0.1, -0.05) is 0 Å². The molecule has 0 aromatic heterocycles. The summed E-state index contributed by atoms with van der Waals surface area (Å²) in [4.78, 5) is 21.9. The molecule has 0 amide bonds. The van der Waals surface area contributed by atoms with Crippen molar-refractivity contribution in [1.29, 1.82) is 0 Å². The van der Waals surface area contributed by atoms with Crippen LogP contribution in [0.15, 0.2) is 0 Å². The molecule has 0 aliphatic carbocycles. The van der Waals surface area contributed by atoms with Gasteiger partial charge < -0.3 is 14.9 Å². The van der Waals surface area contributed by atoms with Gasteiger partial charge in [0, 0.05) is 0 Å². The third-order valence-electron chi connectivity index (χ3n) is 2.88. The van der Waals surface area contributed by atoms with Crippen LogP contribution in [0.2, 0.25) is 0 Å². The van der Waals surface area contributed by atoms with Crippen molar-refractivity contribution in [3.8, 4) is 0 Å². The standard InChI is InChI=1S/C8H12O5/c1-4-5(9)13-8(3,6(10)11)7(4,2)12/h4,12H,1-3H3,(H,10,11)/t4-,7-,8+/m1/s1. The summed E-state index contributed by atoms with van der Waals surface area (Å²) in [5.74, 6) is -2.85. The molecule has 2 N–H and O–H groups in total. The van der Waals surface area contributed by atoms with Gasteiger partial charge in [-0.3, -0.25) is 4.79 Å². The Morgan fingerprint density at radius 3 is 2.15 bits per heavy atom. The molecule has 1 rings (SSSR count). The van der Waals surface area contributed by atoms with Crippen LogP contribution >= 0.6 is 0 Å². The summed E-state index contributed by atoms with van der Waals surface area (Å²) in [5.41, 5.74) is -3.51. The number of cyclic esters (lactones) is 1. The van der Waals surface area contributed by atoms with Crippen LogP contribution in [0.25, 0.3) is 0 Å². The predicted molar refractivity (Wildman–Crippen MR) is 41.9 cm³/mol. The Morgan fingerprint density at radius 2 is 2.00 bits per heavy atom. The van der Waals surface area contributed by atoms with Gasteiger partial charge in [0.25, 0.3) is 0 Å². The molecule has 5 nitrogen and oxygen atoms in total. The fourth-order valence-electron chi connectivity index (χ4n) is 1.30. The van der Waals surface area contributed by atoms with Crippen LogP contribution < -0.4 is 0 Å². The first-order chi connectivity index (χ1) is 5.73. The predicted octanol–water partition coefficient (Wildman–Crippen LogP) is -0.226. The highest BCUT2D eigenvalue weighted by molar-refractivity contribution is 5.89. The zero-order valence-corrected chi connectivity index (χ0v) is 7.70. The van der Waals surface area contributed by atoms with E-state index in [-0.39, 0.29) is 0 Å². The molecule has 1 heterocycles. The lowest BCUT2D eigenvalue weighted by atomic mass is 9.80. The molecule has 0 aromatic carbocycles. The minimum atomic E-state index is -1.84. The van der Waals surface area contributed by atoms with Gasteiger partial charge in [-0.05, 0) is 20.8 Å². The van der Waals surface area contributed by atoms with Gasteiger partial charge >= 0.3 is 11.9 Å². The van der Waals surface area contributed by atoms with Crippen molar-refractivity contribution in [2.75, 3.05) is 0 Å². The molecule has 1 fully saturated rings. The van der Waals surface area contributed by atoms with E-state index in [0.29, 0.717) is 0 Å². The molecule has 1 aliphatic rings. The molecule has 0 radical (unpaired) electrons. The van der Waals surface area contributed by atoms with E-state index in [0.717, 1.165) is 0 Å². The molecular formula is C8H12O5. The van der Waals surface area contributed by atoms with Crippen LogP contribution in [-0.4, -0.2) is 33.4 Å². The third kappa shape index (κ3) is 1.03. The first kappa shape index (κ1) is 9.98. The van der Waals surface area contributed by atoms with Crippen molar-refractivity contribution < 1.29 is 24.5 Å². The van der Waals surface area contributed by atoms with Crippen molar-refractivity contribution in [3.05, 3.63) is 0 Å². The average molecular weight is 188 g/mol. The number of aliphatic carboxylic acids is 1. The summed E-state index contributed by atoms with van der Waals surface area (Å²) < 4.78 is 4.65. The molecule has 3 atom stereocenters. The first-order valence-corrected chi connectivity index (χ1v) is 3.92. The summed E-state index contributed by atoms with van der Waals surface area (Å²) in [5, 5.41) is 18.6. The number of carbonyl (C=O) groups is 2. The summed E-state index contributed by atoms with van der Waals surface area (Å²) in [6.07, 6.45) is 0. The number of carbonyl (C=O) groups excluding carboxylic acids is 1. The lowest BCUT2D eigenvalue weighted by molar-refractivity contribution is -0.181. The van der Waals surface area contributed by atoms with Crippen LogP contribution in [0.1, 0.15) is 20.8 Å². The van der Waals surface area contributed by atoms with Crippen LogP contribution in [0.4, 0.5) is 0 Å². The number of rotatable bonds is 1. The highest BCUT2D eigenvalue weighted by Crippen LogP contribution is 2.40. The first-order valence-electron chi connectivity index (χ1n) is 3.92. The van der Waals surface area contributed by atoms with E-state index in [1.807, 2.05) is 0 Å². The normalized spacial score (nSPS) is 44.6. The van der Waals surface area contributed by atoms with Gasteiger partial charge in [0.1, 0.15) is 5.60 Å². The van der Waals surface area contributed by atoms with E-state index >= 15 is 0 Å². The van der Waals surface area contributed by atoms with E-state index in [4.69, 9.17) is 5.11 Å². The second-order valence-corrected chi connectivity index (χ2v) is 3.63. The third-order valence-corrected chi connectivity index (χ3v) is 2.88. The fraction of sp³-hybridized carbons (Fsp3) is 0.750. The van der Waals surface area contributed by atoms with Crippen molar-refractivity contribution in [3.63, 3.8) is 0 Å². The van der Waals surface area contributed by atoms with E-state index < -0.39 is 29.1 Å². The number of esters is 1. The maximum Gasteiger partial charge on any atom is 0.350 e. The molecule has 1 saturated heterocycles. The van der Waals surface area contributed by atoms with Crippen LogP contribution in [0.5, 0.6) is 0 Å². The molecule has 13 heavy (non-hydrogen) atoms. The summed E-state index contributed by atoms with van der Waals surface area (Å²) in [6, 6.07) is 0. The Hall–Kier alpha value is -1.10. The van der Waals surface area contributed by atoms with Gasteiger partial charge in [-0.25, -0.2) is 4.79 Å². The minimum Gasteiger partial charge on any atom is -0.478 e. The smallest absolute Gasteiger partial charge is 0.350 e. The van der Waals surface area contributed by atoms with E-state index in [9.17, 15) is 14.7 Å². The number of hydrogen-bond donors (Lipinski definition) is 2. The SMILES string of the molecule is C[C@@H]1C(=O)O[C@@](C)(C(=O)O)[C@]1(C)O. The average Bonchev–Trinajstić information content (AvgIpc) is 2.14. The summed E-state index contributed by atoms with van der Waals surface area (Å²) in [7, 11) is 0. The minimum absolute atomic E-state index is 0.685. The lowest BCUT2D eigenvalue weighted by Crippen LogP contribution is -2.54. The maximum atomic E-state index is 11.1. The molecule has 1 aliphatic heterocycles. The maximum absolute atomic E-state index is 11.1. The zero-order valence-electron chi connectivity index (χ0n) is 7.70. The van der Waals surface area contributed by atoms with Gasteiger partial charge in [0.15, 0.2) is 0 Å². The van der Waals surface area contributed by atoms with Gasteiger partial charge in [0.05, 0.1) is 5.92 Å². The van der Waals surface area contributed by atoms with Gasteiger partial charge in [-0.15, -0.1) is 0 Å². The Bertz CT molecular complexity index is 268. The molecular weight excluding hydrogens is 176 g/mol. The molecule has 0 aromatic rings. The van der Waals surface area contributed by atoms with Crippen molar-refractivity contribution in [1.82, 2.24) is 0 Å². The second-order valence-electron chi connectivity index (χ2n) is 3.63. The van der Waals surface area contributed by atoms with Crippen LogP contribution in [0.3, 0.4) is 0 Å². The number of aliphatic hydroxyl groups is 1. The number of carboxylic acids is 1. The Balaban J connectivity index is 3.17. The van der Waals surface area contributed by atoms with Crippen molar-refractivity contribution in [2.45, 2.75) is 32.0 Å². The number of hydrogen-bond acceptors (Lipinski definition) is 4. The molecule has 74 valence electrons. The molecule has 0 unspecified atom stereocenters. The molecule has 0 bridgehead atoms. The highest BCUT2D eigenvalue weighted by Gasteiger charge is 2.63. The monoisotopic (exact) mass is 188 g/mol. The number of ether oxygens (including phenoxy) is 1. The van der Waals surface area contributed by atoms with E-state index in [1.54, 1.807) is 0 Å².